The Hall–Kier alpha value is -1.12. The van der Waals surface area contributed by atoms with Gasteiger partial charge < -0.3 is 23.7 Å². The van der Waals surface area contributed by atoms with Crippen molar-refractivity contribution in [2.24, 2.45) is 0 Å². The predicted molar refractivity (Wildman–Crippen MR) is 77.3 cm³/mol. The Kier molecular flexibility index (Phi) is 3.83. The van der Waals surface area contributed by atoms with Crippen LogP contribution in [-0.2, 0) is 23.7 Å². The minimum atomic E-state index is -0.497. The summed E-state index contributed by atoms with van der Waals surface area (Å²) in [7, 11) is 1.56. The Balaban J connectivity index is 1.56. The van der Waals surface area contributed by atoms with Crippen molar-refractivity contribution in [3.63, 3.8) is 0 Å². The van der Waals surface area contributed by atoms with Crippen molar-refractivity contribution in [2.45, 2.75) is 36.1 Å². The summed E-state index contributed by atoms with van der Waals surface area (Å²) in [6, 6.07) is 9.69. The van der Waals surface area contributed by atoms with Crippen molar-refractivity contribution in [2.75, 3.05) is 13.7 Å². The van der Waals surface area contributed by atoms with Crippen LogP contribution in [0.25, 0.3) is 0 Å². The summed E-state index contributed by atoms with van der Waals surface area (Å²) in [5, 5.41) is -0.527. The van der Waals surface area contributed by atoms with E-state index in [1.54, 1.807) is 7.11 Å². The van der Waals surface area contributed by atoms with Crippen molar-refractivity contribution in [3.05, 3.63) is 35.9 Å². The van der Waals surface area contributed by atoms with E-state index in [0.29, 0.717) is 6.61 Å². The van der Waals surface area contributed by atoms with Gasteiger partial charge in [0, 0.05) is 12.7 Å². The zero-order chi connectivity index (χ0) is 15.1. The standard InChI is InChI=1S/C15H16O6S/c1-17-14-12-11(21-15(16)22-12)10-9(19-14)7-18-13(20-10)8-5-3-2-4-6-8/h2-6,9-14H,7H2,1H3/t9-,10-,11+,12+,13-,14-/m1/s1. The summed E-state index contributed by atoms with van der Waals surface area (Å²) in [5.74, 6) is 0. The fourth-order valence-corrected chi connectivity index (χ4v) is 4.05. The number of hydrogen-bond donors (Lipinski definition) is 0. The second-order valence-corrected chi connectivity index (χ2v) is 6.48. The average Bonchev–Trinajstić information content (AvgIpc) is 2.96. The van der Waals surface area contributed by atoms with Gasteiger partial charge in [0.2, 0.25) is 0 Å². The third-order valence-electron chi connectivity index (χ3n) is 4.05. The molecule has 4 rings (SSSR count). The number of hydrogen-bond acceptors (Lipinski definition) is 7. The minimum absolute atomic E-state index is 0.215. The van der Waals surface area contributed by atoms with E-state index in [4.69, 9.17) is 23.7 Å². The molecule has 1 aromatic carbocycles. The monoisotopic (exact) mass is 324 g/mol. The number of rotatable bonds is 2. The number of methoxy groups -OCH3 is 1. The molecule has 118 valence electrons. The van der Waals surface area contributed by atoms with Crippen LogP contribution in [0.1, 0.15) is 11.9 Å². The average molecular weight is 324 g/mol. The summed E-state index contributed by atoms with van der Waals surface area (Å²) in [6.07, 6.45) is -2.01. The fourth-order valence-electron chi connectivity index (χ4n) is 3.03. The van der Waals surface area contributed by atoms with Crippen LogP contribution < -0.4 is 0 Å². The smallest absolute Gasteiger partial charge is 0.368 e. The highest BCUT2D eigenvalue weighted by Crippen LogP contribution is 2.43. The fraction of sp³-hybridized carbons (Fsp3) is 0.533. The van der Waals surface area contributed by atoms with Crippen LogP contribution in [0.15, 0.2) is 30.3 Å². The van der Waals surface area contributed by atoms with Crippen LogP contribution >= 0.6 is 11.8 Å². The molecule has 0 aromatic heterocycles. The van der Waals surface area contributed by atoms with Gasteiger partial charge in [-0.05, 0) is 11.8 Å². The van der Waals surface area contributed by atoms with Gasteiger partial charge in [-0.2, -0.15) is 0 Å². The number of thioether (sulfide) groups is 1. The van der Waals surface area contributed by atoms with Crippen molar-refractivity contribution in [1.29, 1.82) is 0 Å². The summed E-state index contributed by atoms with van der Waals surface area (Å²) in [5.41, 5.74) is 0.934. The van der Waals surface area contributed by atoms with Crippen LogP contribution in [0.5, 0.6) is 0 Å². The Labute approximate surface area is 132 Å². The topological polar surface area (TPSA) is 63.2 Å². The van der Waals surface area contributed by atoms with Crippen LogP contribution in [0.2, 0.25) is 0 Å². The Morgan fingerprint density at radius 2 is 2.00 bits per heavy atom. The van der Waals surface area contributed by atoms with E-state index in [9.17, 15) is 4.79 Å². The molecule has 0 saturated carbocycles. The summed E-state index contributed by atoms with van der Waals surface area (Å²) in [6.45, 7) is 0.371. The number of benzene rings is 1. The van der Waals surface area contributed by atoms with Gasteiger partial charge in [-0.25, -0.2) is 4.79 Å². The molecule has 22 heavy (non-hydrogen) atoms. The largest absolute Gasteiger partial charge is 0.450 e. The van der Waals surface area contributed by atoms with E-state index in [2.05, 4.69) is 0 Å². The molecule has 0 aliphatic carbocycles. The summed E-state index contributed by atoms with van der Waals surface area (Å²) >= 11 is 1.10. The maximum Gasteiger partial charge on any atom is 0.368 e. The van der Waals surface area contributed by atoms with E-state index in [-0.39, 0.29) is 28.9 Å². The first-order valence-electron chi connectivity index (χ1n) is 7.14. The maximum atomic E-state index is 11.6. The number of carbonyl (C=O) groups excluding carboxylic acids is 1. The van der Waals surface area contributed by atoms with Gasteiger partial charge in [-0.3, -0.25) is 0 Å². The molecule has 3 heterocycles. The Morgan fingerprint density at radius 1 is 1.18 bits per heavy atom. The van der Waals surface area contributed by atoms with E-state index in [1.165, 1.54) is 0 Å². The van der Waals surface area contributed by atoms with Crippen LogP contribution in [0.3, 0.4) is 0 Å². The molecule has 6 nitrogen and oxygen atoms in total. The molecule has 0 bridgehead atoms. The molecule has 0 amide bonds. The molecular formula is C15H16O6S. The molecule has 3 aliphatic rings. The highest BCUT2D eigenvalue weighted by molar-refractivity contribution is 8.14. The lowest BCUT2D eigenvalue weighted by Crippen LogP contribution is -2.60. The number of fused-ring (bicyclic) bond motifs is 3. The third kappa shape index (κ3) is 2.43. The highest BCUT2D eigenvalue weighted by Gasteiger charge is 2.56. The molecule has 0 radical (unpaired) electrons. The summed E-state index contributed by atoms with van der Waals surface area (Å²) < 4.78 is 28.4. The van der Waals surface area contributed by atoms with Gasteiger partial charge in [-0.15, -0.1) is 0 Å². The van der Waals surface area contributed by atoms with Gasteiger partial charge in [0.1, 0.15) is 23.6 Å². The van der Waals surface area contributed by atoms with Crippen molar-refractivity contribution in [1.82, 2.24) is 0 Å². The quantitative estimate of drug-likeness (QED) is 0.772. The van der Waals surface area contributed by atoms with Gasteiger partial charge in [0.05, 0.1) is 6.61 Å². The van der Waals surface area contributed by atoms with Crippen molar-refractivity contribution < 1.29 is 28.5 Å². The van der Waals surface area contributed by atoms with E-state index >= 15 is 0 Å². The third-order valence-corrected chi connectivity index (χ3v) is 5.10. The molecule has 3 fully saturated rings. The number of carbonyl (C=O) groups is 1. The van der Waals surface area contributed by atoms with Crippen LogP contribution in [0.4, 0.5) is 4.79 Å². The molecular weight excluding hydrogens is 308 g/mol. The van der Waals surface area contributed by atoms with Crippen molar-refractivity contribution >= 4 is 17.1 Å². The molecule has 1 aromatic rings. The van der Waals surface area contributed by atoms with E-state index in [0.717, 1.165) is 17.3 Å². The SMILES string of the molecule is CO[C@@H]1O[C@@H]2CO[C@@H](c3ccccc3)O[C@H]2[C@@H]2OC(=O)S[C@H]12. The zero-order valence-electron chi connectivity index (χ0n) is 11.9. The molecule has 3 aliphatic heterocycles. The minimum Gasteiger partial charge on any atom is -0.450 e. The predicted octanol–water partition coefficient (Wildman–Crippen LogP) is 2.09. The van der Waals surface area contributed by atoms with Gasteiger partial charge in [-0.1, -0.05) is 30.3 Å². The normalized spacial score (nSPS) is 40.7. The Bertz CT molecular complexity index is 552. The molecule has 6 atom stereocenters. The first kappa shape index (κ1) is 14.5. The zero-order valence-corrected chi connectivity index (χ0v) is 12.7. The molecule has 7 heteroatoms. The van der Waals surface area contributed by atoms with E-state index < -0.39 is 12.6 Å². The first-order valence-corrected chi connectivity index (χ1v) is 8.02. The maximum absolute atomic E-state index is 11.6. The molecule has 0 N–H and O–H groups in total. The molecule has 0 unspecified atom stereocenters. The second kappa shape index (κ2) is 5.82. The lowest BCUT2D eigenvalue weighted by Gasteiger charge is -2.45. The Morgan fingerprint density at radius 3 is 2.77 bits per heavy atom. The van der Waals surface area contributed by atoms with Gasteiger partial charge >= 0.3 is 5.30 Å². The molecule has 3 saturated heterocycles. The van der Waals surface area contributed by atoms with Crippen LogP contribution in [-0.4, -0.2) is 48.9 Å². The lowest BCUT2D eigenvalue weighted by molar-refractivity contribution is -0.329. The number of ether oxygens (including phenoxy) is 5. The van der Waals surface area contributed by atoms with E-state index in [1.807, 2.05) is 30.3 Å². The summed E-state index contributed by atoms with van der Waals surface area (Å²) in [4.78, 5) is 11.6. The van der Waals surface area contributed by atoms with Crippen LogP contribution in [0, 0.1) is 0 Å². The highest BCUT2D eigenvalue weighted by atomic mass is 32.2. The second-order valence-electron chi connectivity index (χ2n) is 5.37. The lowest BCUT2D eigenvalue weighted by atomic mass is 9.99. The van der Waals surface area contributed by atoms with Gasteiger partial charge in [0.15, 0.2) is 12.6 Å². The van der Waals surface area contributed by atoms with Gasteiger partial charge in [0.25, 0.3) is 0 Å². The molecule has 0 spiro atoms. The first-order chi connectivity index (χ1) is 10.8. The van der Waals surface area contributed by atoms with Crippen molar-refractivity contribution in [3.8, 4) is 0 Å².